The Hall–Kier alpha value is -0.530. The molecule has 0 aromatic heterocycles. The molecule has 1 unspecified atom stereocenters. The van der Waals surface area contributed by atoms with Gasteiger partial charge in [0.25, 0.3) is 0 Å². The van der Waals surface area contributed by atoms with Crippen LogP contribution in [0.25, 0.3) is 0 Å². The van der Waals surface area contributed by atoms with Gasteiger partial charge in [0.1, 0.15) is 0 Å². The minimum Gasteiger partial charge on any atom is -0.481 e. The summed E-state index contributed by atoms with van der Waals surface area (Å²) in [5.41, 5.74) is -0.00810. The van der Waals surface area contributed by atoms with Crippen LogP contribution in [0.5, 0.6) is 0 Å². The molecule has 1 fully saturated rings. The number of hydrogen-bond acceptors (Lipinski definition) is 1. The number of carbonyl (C=O) groups is 1. The summed E-state index contributed by atoms with van der Waals surface area (Å²) in [6.45, 7) is 5.92. The molecule has 11 heavy (non-hydrogen) atoms. The number of carboxylic acid groups (broad SMARTS) is 1. The normalized spacial score (nSPS) is 21.4. The average molecular weight is 156 g/mol. The van der Waals surface area contributed by atoms with Crippen LogP contribution >= 0.6 is 0 Å². The summed E-state index contributed by atoms with van der Waals surface area (Å²) < 4.78 is 0. The Balaban J connectivity index is 2.61. The molecule has 0 spiro atoms. The van der Waals surface area contributed by atoms with Gasteiger partial charge in [0.05, 0.1) is 5.92 Å². The topological polar surface area (TPSA) is 37.3 Å². The van der Waals surface area contributed by atoms with Gasteiger partial charge in [-0.15, -0.1) is 0 Å². The lowest BCUT2D eigenvalue weighted by Gasteiger charge is -2.28. The summed E-state index contributed by atoms with van der Waals surface area (Å²) in [5.74, 6) is -0.231. The van der Waals surface area contributed by atoms with E-state index in [2.05, 4.69) is 13.8 Å². The Bertz CT molecular complexity index is 168. The third-order valence-corrected chi connectivity index (χ3v) is 3.12. The summed E-state index contributed by atoms with van der Waals surface area (Å²) in [4.78, 5) is 10.7. The average Bonchev–Trinajstić information content (AvgIpc) is 2.66. The van der Waals surface area contributed by atoms with Gasteiger partial charge in [-0.25, -0.2) is 0 Å². The molecule has 0 aliphatic heterocycles. The van der Waals surface area contributed by atoms with Crippen LogP contribution in [-0.4, -0.2) is 11.1 Å². The molecular formula is C9H16O2. The number of carboxylic acids is 1. The van der Waals surface area contributed by atoms with E-state index in [9.17, 15) is 4.79 Å². The predicted molar refractivity (Wildman–Crippen MR) is 43.3 cm³/mol. The second kappa shape index (κ2) is 2.50. The van der Waals surface area contributed by atoms with E-state index in [4.69, 9.17) is 5.11 Å². The smallest absolute Gasteiger partial charge is 0.306 e. The molecule has 1 aliphatic rings. The second-order valence-electron chi connectivity index (χ2n) is 4.16. The van der Waals surface area contributed by atoms with Crippen molar-refractivity contribution in [2.75, 3.05) is 0 Å². The summed E-state index contributed by atoms with van der Waals surface area (Å²) in [6, 6.07) is 0. The maximum absolute atomic E-state index is 10.7. The fourth-order valence-electron chi connectivity index (χ4n) is 1.50. The molecule has 0 radical (unpaired) electrons. The molecule has 1 aliphatic carbocycles. The lowest BCUT2D eigenvalue weighted by atomic mass is 9.76. The summed E-state index contributed by atoms with van der Waals surface area (Å²) >= 11 is 0. The van der Waals surface area contributed by atoms with E-state index in [0.717, 1.165) is 0 Å². The van der Waals surface area contributed by atoms with Gasteiger partial charge in [0.15, 0.2) is 0 Å². The highest BCUT2D eigenvalue weighted by atomic mass is 16.4. The fraction of sp³-hybridized carbons (Fsp3) is 0.889. The first kappa shape index (κ1) is 8.57. The molecule has 1 saturated carbocycles. The Kier molecular flexibility index (Phi) is 1.95. The van der Waals surface area contributed by atoms with Gasteiger partial charge in [0.2, 0.25) is 0 Å². The van der Waals surface area contributed by atoms with Crippen LogP contribution in [0, 0.1) is 17.3 Å². The number of aliphatic carboxylic acids is 1. The Morgan fingerprint density at radius 3 is 2.27 bits per heavy atom. The predicted octanol–water partition coefficient (Wildman–Crippen LogP) is 2.14. The second-order valence-corrected chi connectivity index (χ2v) is 4.16. The maximum Gasteiger partial charge on any atom is 0.306 e. The van der Waals surface area contributed by atoms with Crippen molar-refractivity contribution in [3.63, 3.8) is 0 Å². The first-order chi connectivity index (χ1) is 4.96. The Labute approximate surface area is 67.6 Å². The first-order valence-electron chi connectivity index (χ1n) is 4.19. The van der Waals surface area contributed by atoms with E-state index in [1.165, 1.54) is 12.8 Å². The van der Waals surface area contributed by atoms with Crippen molar-refractivity contribution in [3.8, 4) is 0 Å². The van der Waals surface area contributed by atoms with Crippen molar-refractivity contribution in [3.05, 3.63) is 0 Å². The highest BCUT2D eigenvalue weighted by Gasteiger charge is 2.43. The molecule has 0 amide bonds. The van der Waals surface area contributed by atoms with Crippen LogP contribution in [0.4, 0.5) is 0 Å². The third-order valence-electron chi connectivity index (χ3n) is 3.12. The lowest BCUT2D eigenvalue weighted by molar-refractivity contribution is -0.145. The van der Waals surface area contributed by atoms with E-state index in [-0.39, 0.29) is 11.3 Å². The molecule has 0 saturated heterocycles. The first-order valence-corrected chi connectivity index (χ1v) is 4.19. The van der Waals surface area contributed by atoms with Crippen molar-refractivity contribution >= 4 is 5.97 Å². The SMILES string of the molecule is CC(C(=O)O)C(C)(C)C1CC1. The lowest BCUT2D eigenvalue weighted by Crippen LogP contribution is -2.30. The molecule has 0 aromatic rings. The summed E-state index contributed by atoms with van der Waals surface area (Å²) in [7, 11) is 0. The summed E-state index contributed by atoms with van der Waals surface area (Å²) in [5, 5.41) is 8.79. The van der Waals surface area contributed by atoms with Crippen LogP contribution in [0.3, 0.4) is 0 Å². The molecule has 1 atom stereocenters. The van der Waals surface area contributed by atoms with Gasteiger partial charge < -0.3 is 5.11 Å². The Morgan fingerprint density at radius 2 is 2.00 bits per heavy atom. The number of rotatable bonds is 3. The van der Waals surface area contributed by atoms with Crippen molar-refractivity contribution in [2.24, 2.45) is 17.3 Å². The minimum atomic E-state index is -0.665. The molecule has 1 N–H and O–H groups in total. The highest BCUT2D eigenvalue weighted by molar-refractivity contribution is 5.70. The maximum atomic E-state index is 10.7. The third kappa shape index (κ3) is 1.55. The van der Waals surface area contributed by atoms with E-state index in [1.807, 2.05) is 0 Å². The summed E-state index contributed by atoms with van der Waals surface area (Å²) in [6.07, 6.45) is 2.43. The minimum absolute atomic E-state index is 0.00810. The molecular weight excluding hydrogens is 140 g/mol. The largest absolute Gasteiger partial charge is 0.481 e. The molecule has 2 heteroatoms. The monoisotopic (exact) mass is 156 g/mol. The van der Waals surface area contributed by atoms with Gasteiger partial charge >= 0.3 is 5.97 Å². The van der Waals surface area contributed by atoms with Crippen LogP contribution in [-0.2, 0) is 4.79 Å². The van der Waals surface area contributed by atoms with E-state index < -0.39 is 5.97 Å². The van der Waals surface area contributed by atoms with Crippen LogP contribution < -0.4 is 0 Å². The standard InChI is InChI=1S/C9H16O2/c1-6(8(10)11)9(2,3)7-4-5-7/h6-7H,4-5H2,1-3H3,(H,10,11). The quantitative estimate of drug-likeness (QED) is 0.679. The van der Waals surface area contributed by atoms with Crippen molar-refractivity contribution in [2.45, 2.75) is 33.6 Å². The van der Waals surface area contributed by atoms with Gasteiger partial charge in [-0.2, -0.15) is 0 Å². The van der Waals surface area contributed by atoms with Gasteiger partial charge in [-0.05, 0) is 24.2 Å². The Morgan fingerprint density at radius 1 is 1.55 bits per heavy atom. The van der Waals surface area contributed by atoms with Gasteiger partial charge in [-0.1, -0.05) is 20.8 Å². The molecule has 2 nitrogen and oxygen atoms in total. The zero-order valence-corrected chi connectivity index (χ0v) is 7.42. The molecule has 0 bridgehead atoms. The van der Waals surface area contributed by atoms with Gasteiger partial charge in [0, 0.05) is 0 Å². The van der Waals surface area contributed by atoms with Gasteiger partial charge in [-0.3, -0.25) is 4.79 Å². The van der Waals surface area contributed by atoms with Crippen molar-refractivity contribution in [1.29, 1.82) is 0 Å². The van der Waals surface area contributed by atoms with E-state index >= 15 is 0 Å². The van der Waals surface area contributed by atoms with Crippen LogP contribution in [0.15, 0.2) is 0 Å². The molecule has 0 heterocycles. The van der Waals surface area contributed by atoms with Crippen molar-refractivity contribution < 1.29 is 9.90 Å². The molecule has 0 aromatic carbocycles. The van der Waals surface area contributed by atoms with E-state index in [0.29, 0.717) is 5.92 Å². The van der Waals surface area contributed by atoms with Crippen LogP contribution in [0.1, 0.15) is 33.6 Å². The molecule has 1 rings (SSSR count). The number of hydrogen-bond donors (Lipinski definition) is 1. The van der Waals surface area contributed by atoms with Crippen LogP contribution in [0.2, 0.25) is 0 Å². The van der Waals surface area contributed by atoms with E-state index in [1.54, 1.807) is 6.92 Å². The zero-order chi connectivity index (χ0) is 8.65. The highest BCUT2D eigenvalue weighted by Crippen LogP contribution is 2.49. The zero-order valence-electron chi connectivity index (χ0n) is 7.42. The van der Waals surface area contributed by atoms with Crippen molar-refractivity contribution in [1.82, 2.24) is 0 Å². The fourth-order valence-corrected chi connectivity index (χ4v) is 1.50. The molecule has 64 valence electrons.